The molecule has 5 nitrogen and oxygen atoms in total. The number of rotatable bonds is 25. The van der Waals surface area contributed by atoms with Gasteiger partial charge in [-0.05, 0) is 26.2 Å². The first-order valence-corrected chi connectivity index (χ1v) is 12.6. The number of carbonyl (C=O) groups is 2. The van der Waals surface area contributed by atoms with Gasteiger partial charge in [-0.2, -0.15) is 0 Å². The van der Waals surface area contributed by atoms with Crippen molar-refractivity contribution >= 4 is 11.8 Å². The van der Waals surface area contributed by atoms with E-state index in [2.05, 4.69) is 0 Å². The Balaban J connectivity index is 3.13. The lowest BCUT2D eigenvalue weighted by atomic mass is 10.0. The molecule has 0 amide bonds. The van der Waals surface area contributed by atoms with E-state index in [1.54, 1.807) is 0 Å². The van der Waals surface area contributed by atoms with Crippen molar-refractivity contribution in [3.8, 4) is 0 Å². The zero-order valence-corrected chi connectivity index (χ0v) is 19.6. The van der Waals surface area contributed by atoms with Crippen LogP contribution < -0.4 is 0 Å². The molecule has 1 N–H and O–H groups in total. The van der Waals surface area contributed by atoms with Crippen LogP contribution in [-0.2, 0) is 19.1 Å². The Kier molecular flexibility index (Phi) is 23.6. The topological polar surface area (TPSA) is 72.8 Å². The number of hydrogen-bond acceptors (Lipinski definition) is 4. The highest BCUT2D eigenvalue weighted by molar-refractivity contribution is 5.78. The van der Waals surface area contributed by atoms with Crippen molar-refractivity contribution in [2.45, 2.75) is 122 Å². The van der Waals surface area contributed by atoms with E-state index >= 15 is 0 Å². The van der Waals surface area contributed by atoms with Crippen molar-refractivity contribution in [2.75, 3.05) is 26.4 Å². The molecule has 178 valence electrons. The van der Waals surface area contributed by atoms with Crippen LogP contribution in [0, 0.1) is 0 Å². The molecule has 0 spiro atoms. The Hall–Kier alpha value is -0.940. The van der Waals surface area contributed by atoms with Gasteiger partial charge in [0.2, 0.25) is 0 Å². The van der Waals surface area contributed by atoms with Gasteiger partial charge in [0, 0.05) is 32.5 Å². The van der Waals surface area contributed by atoms with Gasteiger partial charge in [-0.25, -0.2) is 0 Å². The third-order valence-corrected chi connectivity index (χ3v) is 5.42. The molecule has 0 atom stereocenters. The molecular weight excluding hydrogens is 380 g/mol. The molecular formula is C25H48O5. The summed E-state index contributed by atoms with van der Waals surface area (Å²) in [5.41, 5.74) is 0. The highest BCUT2D eigenvalue weighted by Gasteiger charge is 2.02. The standard InChI is InChI=1S/C25H48O5/c1-2-29-22-23-30-21-17-19-24(26)18-15-13-11-9-7-5-3-4-6-8-10-12-14-16-20-25(27)28/h2-23H2,1H3,(H,27,28). The number of carboxylic acids is 1. The largest absolute Gasteiger partial charge is 0.481 e. The second-order valence-electron chi connectivity index (χ2n) is 8.30. The minimum atomic E-state index is -0.672. The van der Waals surface area contributed by atoms with Crippen LogP contribution in [0.5, 0.6) is 0 Å². The molecule has 0 aliphatic heterocycles. The second-order valence-corrected chi connectivity index (χ2v) is 8.30. The zero-order chi connectivity index (χ0) is 22.1. The molecule has 0 aliphatic carbocycles. The molecule has 0 saturated carbocycles. The summed E-state index contributed by atoms with van der Waals surface area (Å²) in [4.78, 5) is 22.3. The fourth-order valence-electron chi connectivity index (χ4n) is 3.58. The van der Waals surface area contributed by atoms with E-state index in [-0.39, 0.29) is 0 Å². The Labute approximate surface area is 185 Å². The van der Waals surface area contributed by atoms with Crippen LogP contribution in [-0.4, -0.2) is 43.3 Å². The molecule has 0 aromatic rings. The number of ether oxygens (including phenoxy) is 2. The molecule has 0 aromatic heterocycles. The van der Waals surface area contributed by atoms with Crippen molar-refractivity contribution < 1.29 is 24.2 Å². The van der Waals surface area contributed by atoms with Crippen molar-refractivity contribution in [3.05, 3.63) is 0 Å². The maximum Gasteiger partial charge on any atom is 0.303 e. The monoisotopic (exact) mass is 428 g/mol. The normalized spacial score (nSPS) is 11.1. The van der Waals surface area contributed by atoms with Gasteiger partial charge in [0.15, 0.2) is 0 Å². The lowest BCUT2D eigenvalue weighted by Gasteiger charge is -2.05. The highest BCUT2D eigenvalue weighted by atomic mass is 16.5. The number of hydrogen-bond donors (Lipinski definition) is 1. The summed E-state index contributed by atoms with van der Waals surface area (Å²) in [6.07, 6.45) is 19.5. The first kappa shape index (κ1) is 29.1. The van der Waals surface area contributed by atoms with Crippen molar-refractivity contribution in [1.29, 1.82) is 0 Å². The number of unbranched alkanes of at least 4 members (excludes halogenated alkanes) is 13. The van der Waals surface area contributed by atoms with Crippen molar-refractivity contribution in [1.82, 2.24) is 0 Å². The summed E-state index contributed by atoms with van der Waals surface area (Å²) < 4.78 is 10.6. The van der Waals surface area contributed by atoms with Gasteiger partial charge in [0.1, 0.15) is 5.78 Å². The predicted molar refractivity (Wildman–Crippen MR) is 123 cm³/mol. The number of carbonyl (C=O) groups excluding carboxylic acids is 1. The third-order valence-electron chi connectivity index (χ3n) is 5.42. The maximum atomic E-state index is 11.8. The smallest absolute Gasteiger partial charge is 0.303 e. The molecule has 0 bridgehead atoms. The summed E-state index contributed by atoms with van der Waals surface area (Å²) in [7, 11) is 0. The van der Waals surface area contributed by atoms with Crippen LogP contribution in [0.2, 0.25) is 0 Å². The van der Waals surface area contributed by atoms with Gasteiger partial charge < -0.3 is 14.6 Å². The average molecular weight is 429 g/mol. The molecule has 0 aromatic carbocycles. The van der Waals surface area contributed by atoms with E-state index in [0.717, 1.165) is 38.7 Å². The number of aliphatic carboxylic acids is 1. The van der Waals surface area contributed by atoms with Gasteiger partial charge in [0.05, 0.1) is 13.2 Å². The lowest BCUT2D eigenvalue weighted by Crippen LogP contribution is -2.06. The first-order valence-electron chi connectivity index (χ1n) is 12.6. The predicted octanol–water partition coefficient (Wildman–Crippen LogP) is 6.72. The Bertz CT molecular complexity index is 384. The van der Waals surface area contributed by atoms with Crippen LogP contribution in [0.25, 0.3) is 0 Å². The van der Waals surface area contributed by atoms with Crippen LogP contribution in [0.1, 0.15) is 122 Å². The number of carboxylic acid groups (broad SMARTS) is 1. The maximum absolute atomic E-state index is 11.8. The van der Waals surface area contributed by atoms with Gasteiger partial charge >= 0.3 is 5.97 Å². The molecule has 0 aliphatic rings. The van der Waals surface area contributed by atoms with Gasteiger partial charge in [0.25, 0.3) is 0 Å². The van der Waals surface area contributed by atoms with E-state index in [4.69, 9.17) is 14.6 Å². The van der Waals surface area contributed by atoms with Gasteiger partial charge in [-0.3, -0.25) is 9.59 Å². The Morgan fingerprint density at radius 2 is 0.933 bits per heavy atom. The Morgan fingerprint density at radius 3 is 1.40 bits per heavy atom. The van der Waals surface area contributed by atoms with Crippen molar-refractivity contribution in [2.24, 2.45) is 0 Å². The zero-order valence-electron chi connectivity index (χ0n) is 19.6. The summed E-state index contributed by atoms with van der Waals surface area (Å²) in [6, 6.07) is 0. The second kappa shape index (κ2) is 24.3. The van der Waals surface area contributed by atoms with Crippen LogP contribution >= 0.6 is 0 Å². The summed E-state index contributed by atoms with van der Waals surface area (Å²) in [5, 5.41) is 8.58. The molecule has 0 saturated heterocycles. The summed E-state index contributed by atoms with van der Waals surface area (Å²) >= 11 is 0. The van der Waals surface area contributed by atoms with Crippen molar-refractivity contribution in [3.63, 3.8) is 0 Å². The van der Waals surface area contributed by atoms with E-state index in [1.807, 2.05) is 6.92 Å². The molecule has 0 heterocycles. The minimum absolute atomic E-state index is 0.321. The van der Waals surface area contributed by atoms with E-state index < -0.39 is 5.97 Å². The fourth-order valence-corrected chi connectivity index (χ4v) is 3.58. The van der Waals surface area contributed by atoms with Gasteiger partial charge in [-0.15, -0.1) is 0 Å². The molecule has 5 heteroatoms. The Morgan fingerprint density at radius 1 is 0.533 bits per heavy atom. The van der Waals surface area contributed by atoms with E-state index in [1.165, 1.54) is 70.6 Å². The minimum Gasteiger partial charge on any atom is -0.481 e. The van der Waals surface area contributed by atoms with E-state index in [9.17, 15) is 9.59 Å². The van der Waals surface area contributed by atoms with E-state index in [0.29, 0.717) is 38.4 Å². The van der Waals surface area contributed by atoms with Crippen LogP contribution in [0.15, 0.2) is 0 Å². The number of Topliss-reactive ketones (excluding diaryl/α,β-unsaturated/α-hetero) is 1. The van der Waals surface area contributed by atoms with Crippen LogP contribution in [0.3, 0.4) is 0 Å². The quantitative estimate of drug-likeness (QED) is 0.163. The number of ketones is 1. The molecule has 0 unspecified atom stereocenters. The first-order chi connectivity index (χ1) is 14.7. The average Bonchev–Trinajstić information content (AvgIpc) is 2.72. The van der Waals surface area contributed by atoms with Crippen LogP contribution in [0.4, 0.5) is 0 Å². The molecule has 0 fully saturated rings. The van der Waals surface area contributed by atoms with Gasteiger partial charge in [-0.1, -0.05) is 77.0 Å². The fraction of sp³-hybridized carbons (Fsp3) is 0.920. The molecule has 0 radical (unpaired) electrons. The summed E-state index contributed by atoms with van der Waals surface area (Å²) in [6.45, 7) is 4.62. The summed E-state index contributed by atoms with van der Waals surface area (Å²) in [5.74, 6) is -0.292. The molecule has 30 heavy (non-hydrogen) atoms. The lowest BCUT2D eigenvalue weighted by molar-refractivity contribution is -0.137. The highest BCUT2D eigenvalue weighted by Crippen LogP contribution is 2.14. The SMILES string of the molecule is CCOCCOCCCC(=O)CCCCCCCCCCCCCCCCC(=O)O. The third kappa shape index (κ3) is 25.1. The molecule has 0 rings (SSSR count).